The molecule has 2 aromatic rings. The van der Waals surface area contributed by atoms with E-state index in [-0.39, 0.29) is 10.4 Å². The van der Waals surface area contributed by atoms with Crippen LogP contribution >= 0.6 is 27.7 Å². The molecule has 1 aliphatic heterocycles. The average molecular weight is 462 g/mol. The van der Waals surface area contributed by atoms with Gasteiger partial charge in [-0.25, -0.2) is 0 Å². The molecule has 2 aromatic carbocycles. The number of aromatic hydroxyl groups is 1. The SMILES string of the molecule is Cc1cc(C)cc(CN=C2NC(=O)/C(=C/c3cc(Br)c(O)c([N+](=O)[O-])c3)S2)c1. The van der Waals surface area contributed by atoms with Gasteiger partial charge in [0.15, 0.2) is 5.17 Å². The molecule has 0 radical (unpaired) electrons. The van der Waals surface area contributed by atoms with Gasteiger partial charge < -0.3 is 10.4 Å². The van der Waals surface area contributed by atoms with Crippen LogP contribution in [0.15, 0.2) is 44.7 Å². The van der Waals surface area contributed by atoms with Crippen LogP contribution in [-0.4, -0.2) is 21.1 Å². The third-order valence-electron chi connectivity index (χ3n) is 3.90. The molecule has 0 unspecified atom stereocenters. The van der Waals surface area contributed by atoms with E-state index in [9.17, 15) is 20.0 Å². The molecule has 28 heavy (non-hydrogen) atoms. The first-order valence-electron chi connectivity index (χ1n) is 8.22. The Balaban J connectivity index is 1.82. The normalized spacial score (nSPS) is 16.6. The number of nitro benzene ring substituents is 1. The van der Waals surface area contributed by atoms with Crippen LogP contribution in [0.4, 0.5) is 5.69 Å². The van der Waals surface area contributed by atoms with E-state index in [0.29, 0.717) is 22.2 Å². The van der Waals surface area contributed by atoms with Gasteiger partial charge in [-0.15, -0.1) is 0 Å². The number of nitrogens with one attached hydrogen (secondary N) is 1. The molecule has 1 aliphatic rings. The van der Waals surface area contributed by atoms with Crippen LogP contribution in [0, 0.1) is 24.0 Å². The molecule has 1 heterocycles. The zero-order valence-electron chi connectivity index (χ0n) is 15.0. The van der Waals surface area contributed by atoms with Crippen molar-refractivity contribution in [3.8, 4) is 5.75 Å². The lowest BCUT2D eigenvalue weighted by Crippen LogP contribution is -2.19. The number of aliphatic imine (C=N–C) groups is 1. The van der Waals surface area contributed by atoms with Crippen molar-refractivity contribution in [3.63, 3.8) is 0 Å². The van der Waals surface area contributed by atoms with E-state index in [1.165, 1.54) is 30.0 Å². The van der Waals surface area contributed by atoms with Gasteiger partial charge in [-0.2, -0.15) is 0 Å². The van der Waals surface area contributed by atoms with Crippen molar-refractivity contribution in [1.29, 1.82) is 0 Å². The number of phenolic OH excluding ortho intramolecular Hbond substituents is 1. The maximum absolute atomic E-state index is 12.2. The van der Waals surface area contributed by atoms with E-state index < -0.39 is 16.4 Å². The standard InChI is InChI=1S/C19H16BrN3O4S/c1-10-3-11(2)5-13(4-10)9-21-19-22-18(25)16(28-19)8-12-6-14(20)17(24)15(7-12)23(26)27/h3-8,24H,9H2,1-2H3,(H,21,22,25)/b16-8-. The number of carbonyl (C=O) groups excluding carboxylic acids is 1. The molecule has 0 bridgehead atoms. The van der Waals surface area contributed by atoms with E-state index in [0.717, 1.165) is 16.7 Å². The highest BCUT2D eigenvalue weighted by Crippen LogP contribution is 2.36. The van der Waals surface area contributed by atoms with Crippen molar-refractivity contribution in [2.45, 2.75) is 20.4 Å². The number of amidine groups is 1. The van der Waals surface area contributed by atoms with E-state index in [2.05, 4.69) is 32.3 Å². The minimum atomic E-state index is -0.680. The van der Waals surface area contributed by atoms with Gasteiger partial charge in [0.2, 0.25) is 5.75 Å². The molecule has 2 N–H and O–H groups in total. The van der Waals surface area contributed by atoms with Crippen molar-refractivity contribution in [3.05, 3.63) is 72.1 Å². The molecule has 3 rings (SSSR count). The van der Waals surface area contributed by atoms with Crippen molar-refractivity contribution < 1.29 is 14.8 Å². The second kappa shape index (κ2) is 8.15. The molecule has 144 valence electrons. The Hall–Kier alpha value is -2.65. The van der Waals surface area contributed by atoms with E-state index >= 15 is 0 Å². The number of thioether (sulfide) groups is 1. The lowest BCUT2D eigenvalue weighted by Gasteiger charge is -2.02. The third-order valence-corrected chi connectivity index (χ3v) is 5.45. The van der Waals surface area contributed by atoms with Crippen molar-refractivity contribution in [2.75, 3.05) is 0 Å². The number of carbonyl (C=O) groups is 1. The van der Waals surface area contributed by atoms with Gasteiger partial charge in [-0.1, -0.05) is 29.3 Å². The number of hydrogen-bond donors (Lipinski definition) is 2. The summed E-state index contributed by atoms with van der Waals surface area (Å²) in [6, 6.07) is 8.89. The number of hydrogen-bond acceptors (Lipinski definition) is 6. The molecule has 0 aliphatic carbocycles. The summed E-state index contributed by atoms with van der Waals surface area (Å²) < 4.78 is 0.181. The Labute approximate surface area is 173 Å². The van der Waals surface area contributed by atoms with Gasteiger partial charge >= 0.3 is 5.69 Å². The maximum atomic E-state index is 12.2. The summed E-state index contributed by atoms with van der Waals surface area (Å²) in [5, 5.41) is 24.0. The second-order valence-corrected chi connectivity index (χ2v) is 8.19. The minimum Gasteiger partial charge on any atom is -0.501 e. The first kappa shape index (κ1) is 20.1. The summed E-state index contributed by atoms with van der Waals surface area (Å²) in [5.41, 5.74) is 3.34. The number of benzene rings is 2. The fraction of sp³-hybridized carbons (Fsp3) is 0.158. The van der Waals surface area contributed by atoms with E-state index in [1.807, 2.05) is 26.0 Å². The first-order valence-corrected chi connectivity index (χ1v) is 9.83. The fourth-order valence-corrected chi connectivity index (χ4v) is 4.09. The van der Waals surface area contributed by atoms with Crippen LogP contribution < -0.4 is 5.32 Å². The predicted molar refractivity (Wildman–Crippen MR) is 113 cm³/mol. The van der Waals surface area contributed by atoms with Gasteiger partial charge in [0.25, 0.3) is 5.91 Å². The Morgan fingerprint density at radius 2 is 1.93 bits per heavy atom. The molecule has 1 saturated heterocycles. The monoisotopic (exact) mass is 461 g/mol. The number of phenols is 1. The Bertz CT molecular complexity index is 1030. The predicted octanol–water partition coefficient (Wildman–Crippen LogP) is 4.44. The van der Waals surface area contributed by atoms with Crippen LogP contribution in [0.1, 0.15) is 22.3 Å². The summed E-state index contributed by atoms with van der Waals surface area (Å²) in [6.07, 6.45) is 1.52. The molecule has 9 heteroatoms. The quantitative estimate of drug-likeness (QED) is 0.397. The lowest BCUT2D eigenvalue weighted by atomic mass is 10.1. The molecular weight excluding hydrogens is 446 g/mol. The van der Waals surface area contributed by atoms with Crippen LogP contribution in [0.5, 0.6) is 5.75 Å². The van der Waals surface area contributed by atoms with Crippen LogP contribution in [0.25, 0.3) is 6.08 Å². The van der Waals surface area contributed by atoms with Crippen molar-refractivity contribution in [2.24, 2.45) is 4.99 Å². The number of aryl methyl sites for hydroxylation is 2. The van der Waals surface area contributed by atoms with Gasteiger partial charge in [0.1, 0.15) is 0 Å². The summed E-state index contributed by atoms with van der Waals surface area (Å²) in [6.45, 7) is 4.48. The fourth-order valence-electron chi connectivity index (χ4n) is 2.80. The maximum Gasteiger partial charge on any atom is 0.312 e. The highest BCUT2D eigenvalue weighted by Gasteiger charge is 2.24. The second-order valence-electron chi connectivity index (χ2n) is 6.31. The van der Waals surface area contributed by atoms with Gasteiger partial charge in [0, 0.05) is 6.07 Å². The van der Waals surface area contributed by atoms with Gasteiger partial charge in [0.05, 0.1) is 20.8 Å². The minimum absolute atomic E-state index is 0.181. The number of amides is 1. The molecular formula is C19H16BrN3O4S. The topological polar surface area (TPSA) is 105 Å². The molecule has 1 fully saturated rings. The summed E-state index contributed by atoms with van der Waals surface area (Å²) >= 11 is 4.26. The van der Waals surface area contributed by atoms with Crippen LogP contribution in [0.3, 0.4) is 0 Å². The van der Waals surface area contributed by atoms with Crippen molar-refractivity contribution in [1.82, 2.24) is 5.32 Å². The average Bonchev–Trinajstić information content (AvgIpc) is 2.95. The number of nitrogens with zero attached hydrogens (tertiary/aromatic N) is 2. The molecule has 7 nitrogen and oxygen atoms in total. The third kappa shape index (κ3) is 4.60. The molecule has 0 aromatic heterocycles. The number of rotatable bonds is 4. The zero-order valence-corrected chi connectivity index (χ0v) is 17.4. The Kier molecular flexibility index (Phi) is 5.85. The van der Waals surface area contributed by atoms with Crippen LogP contribution in [-0.2, 0) is 11.3 Å². The summed E-state index contributed by atoms with van der Waals surface area (Å²) in [7, 11) is 0. The lowest BCUT2D eigenvalue weighted by molar-refractivity contribution is -0.386. The number of nitro groups is 1. The van der Waals surface area contributed by atoms with E-state index in [4.69, 9.17) is 0 Å². The zero-order chi connectivity index (χ0) is 20.4. The molecule has 0 spiro atoms. The van der Waals surface area contributed by atoms with Gasteiger partial charge in [-0.05, 0) is 64.8 Å². The number of halogens is 1. The van der Waals surface area contributed by atoms with E-state index in [1.54, 1.807) is 0 Å². The van der Waals surface area contributed by atoms with Crippen molar-refractivity contribution >= 4 is 50.5 Å². The molecule has 0 atom stereocenters. The van der Waals surface area contributed by atoms with Gasteiger partial charge in [-0.3, -0.25) is 19.9 Å². The smallest absolute Gasteiger partial charge is 0.312 e. The summed E-state index contributed by atoms with van der Waals surface area (Å²) in [5.74, 6) is -0.776. The molecule has 0 saturated carbocycles. The largest absolute Gasteiger partial charge is 0.501 e. The highest BCUT2D eigenvalue weighted by atomic mass is 79.9. The Morgan fingerprint density at radius 1 is 1.25 bits per heavy atom. The highest BCUT2D eigenvalue weighted by molar-refractivity contribution is 9.10. The summed E-state index contributed by atoms with van der Waals surface area (Å²) in [4.78, 5) is 27.4. The Morgan fingerprint density at radius 3 is 2.57 bits per heavy atom. The molecule has 1 amide bonds. The first-order chi connectivity index (χ1) is 13.2. The van der Waals surface area contributed by atoms with Crippen LogP contribution in [0.2, 0.25) is 0 Å².